The highest BCUT2D eigenvalue weighted by molar-refractivity contribution is 5.88. The van der Waals surface area contributed by atoms with Gasteiger partial charge in [-0.2, -0.15) is 0 Å². The Labute approximate surface area is 150 Å². The molecule has 0 radical (unpaired) electrons. The molecular weight excluding hydrogens is 312 g/mol. The molecule has 0 fully saturated rings. The molecule has 0 saturated carbocycles. The number of hydrogen-bond acceptors (Lipinski definition) is 3. The van der Waals surface area contributed by atoms with Crippen molar-refractivity contribution in [3.63, 3.8) is 0 Å². The van der Waals surface area contributed by atoms with Gasteiger partial charge in [0.1, 0.15) is 0 Å². The molecule has 2 N–H and O–H groups in total. The number of amides is 1. The molecule has 1 amide bonds. The fourth-order valence-corrected chi connectivity index (χ4v) is 2.57. The maximum absolute atomic E-state index is 11.2. The van der Waals surface area contributed by atoms with Gasteiger partial charge in [-0.1, -0.05) is 36.4 Å². The summed E-state index contributed by atoms with van der Waals surface area (Å²) in [4.78, 5) is 11.2. The minimum absolute atomic E-state index is 0.0572. The van der Waals surface area contributed by atoms with Crippen LogP contribution in [0.25, 0.3) is 0 Å². The molecule has 1 atom stereocenters. The van der Waals surface area contributed by atoms with Crippen LogP contribution in [0.2, 0.25) is 0 Å². The molecule has 0 aliphatic carbocycles. The summed E-state index contributed by atoms with van der Waals surface area (Å²) in [5.74, 6) is -0.0572. The van der Waals surface area contributed by atoms with E-state index in [0.29, 0.717) is 6.61 Å². The summed E-state index contributed by atoms with van der Waals surface area (Å²) < 4.78 is 5.67. The lowest BCUT2D eigenvalue weighted by Gasteiger charge is -2.16. The number of rotatable bonds is 8. The Morgan fingerprint density at radius 1 is 1.04 bits per heavy atom. The first-order chi connectivity index (χ1) is 11.9. The van der Waals surface area contributed by atoms with Crippen molar-refractivity contribution in [1.29, 1.82) is 0 Å². The van der Waals surface area contributed by atoms with E-state index < -0.39 is 0 Å². The van der Waals surface area contributed by atoms with Crippen LogP contribution < -0.4 is 10.6 Å². The average Bonchev–Trinajstić information content (AvgIpc) is 2.58. The zero-order valence-electron chi connectivity index (χ0n) is 15.5. The highest BCUT2D eigenvalue weighted by Crippen LogP contribution is 2.18. The van der Waals surface area contributed by atoms with Crippen molar-refractivity contribution < 1.29 is 9.53 Å². The van der Waals surface area contributed by atoms with Gasteiger partial charge in [-0.15, -0.1) is 0 Å². The Morgan fingerprint density at radius 3 is 2.48 bits per heavy atom. The van der Waals surface area contributed by atoms with Crippen LogP contribution >= 0.6 is 0 Å². The minimum atomic E-state index is -0.0572. The lowest BCUT2D eigenvalue weighted by Crippen LogP contribution is -2.18. The van der Waals surface area contributed by atoms with Crippen molar-refractivity contribution >= 4 is 11.6 Å². The second kappa shape index (κ2) is 9.35. The fourth-order valence-electron chi connectivity index (χ4n) is 2.57. The van der Waals surface area contributed by atoms with E-state index in [-0.39, 0.29) is 18.1 Å². The van der Waals surface area contributed by atoms with Crippen molar-refractivity contribution in [2.75, 3.05) is 5.32 Å². The molecule has 4 heteroatoms. The number of hydrogen-bond donors (Lipinski definition) is 2. The maximum Gasteiger partial charge on any atom is 0.221 e. The molecule has 0 aliphatic heterocycles. The van der Waals surface area contributed by atoms with E-state index in [1.807, 2.05) is 32.0 Å². The third kappa shape index (κ3) is 6.69. The van der Waals surface area contributed by atoms with Crippen LogP contribution in [0.5, 0.6) is 0 Å². The maximum atomic E-state index is 11.2. The van der Waals surface area contributed by atoms with Gasteiger partial charge < -0.3 is 15.4 Å². The second-order valence-corrected chi connectivity index (χ2v) is 6.59. The number of carbonyl (C=O) groups is 1. The van der Waals surface area contributed by atoms with Crippen LogP contribution in [-0.4, -0.2) is 12.0 Å². The molecule has 0 aliphatic rings. The van der Waals surface area contributed by atoms with E-state index >= 15 is 0 Å². The van der Waals surface area contributed by atoms with Gasteiger partial charge in [-0.25, -0.2) is 0 Å². The van der Waals surface area contributed by atoms with Crippen LogP contribution in [0, 0.1) is 0 Å². The average molecular weight is 340 g/mol. The standard InChI is InChI=1S/C21H28N2O2/c1-15(2)25-14-19-8-5-7-18(11-19)13-22-16(3)20-9-6-10-21(12-20)23-17(4)24/h5-12,15-16,22H,13-14H2,1-4H3,(H,23,24). The summed E-state index contributed by atoms with van der Waals surface area (Å²) in [6, 6.07) is 16.6. The van der Waals surface area contributed by atoms with Gasteiger partial charge in [0.2, 0.25) is 5.91 Å². The smallest absolute Gasteiger partial charge is 0.221 e. The zero-order valence-corrected chi connectivity index (χ0v) is 15.5. The van der Waals surface area contributed by atoms with Crippen LogP contribution in [0.3, 0.4) is 0 Å². The minimum Gasteiger partial charge on any atom is -0.374 e. The highest BCUT2D eigenvalue weighted by Gasteiger charge is 2.07. The van der Waals surface area contributed by atoms with E-state index in [2.05, 4.69) is 47.9 Å². The van der Waals surface area contributed by atoms with Crippen LogP contribution in [0.4, 0.5) is 5.69 Å². The summed E-state index contributed by atoms with van der Waals surface area (Å²) in [5, 5.41) is 6.36. The molecule has 0 saturated heterocycles. The molecule has 0 aromatic heterocycles. The number of anilines is 1. The third-order valence-corrected chi connectivity index (χ3v) is 3.89. The topological polar surface area (TPSA) is 50.4 Å². The molecular formula is C21H28N2O2. The highest BCUT2D eigenvalue weighted by atomic mass is 16.5. The van der Waals surface area contributed by atoms with Crippen molar-refractivity contribution in [3.8, 4) is 0 Å². The van der Waals surface area contributed by atoms with Gasteiger partial charge in [-0.3, -0.25) is 4.79 Å². The summed E-state index contributed by atoms with van der Waals surface area (Å²) in [6.45, 7) is 9.15. The molecule has 0 spiro atoms. The first-order valence-electron chi connectivity index (χ1n) is 8.74. The Hall–Kier alpha value is -2.17. The lowest BCUT2D eigenvalue weighted by atomic mass is 10.1. The summed E-state index contributed by atoms with van der Waals surface area (Å²) in [5.41, 5.74) is 4.39. The van der Waals surface area contributed by atoms with Gasteiger partial charge in [0, 0.05) is 25.2 Å². The second-order valence-electron chi connectivity index (χ2n) is 6.59. The quantitative estimate of drug-likeness (QED) is 0.748. The van der Waals surface area contributed by atoms with Gasteiger partial charge in [0.15, 0.2) is 0 Å². The monoisotopic (exact) mass is 340 g/mol. The Bertz CT molecular complexity index is 698. The molecule has 4 nitrogen and oxygen atoms in total. The van der Waals surface area contributed by atoms with Crippen LogP contribution in [0.15, 0.2) is 48.5 Å². The number of benzene rings is 2. The Balaban J connectivity index is 1.94. The van der Waals surface area contributed by atoms with Gasteiger partial charge >= 0.3 is 0 Å². The van der Waals surface area contributed by atoms with Crippen molar-refractivity contribution in [3.05, 3.63) is 65.2 Å². The molecule has 0 bridgehead atoms. The molecule has 2 rings (SSSR count). The largest absolute Gasteiger partial charge is 0.374 e. The van der Waals surface area contributed by atoms with Gasteiger partial charge in [0.25, 0.3) is 0 Å². The predicted octanol–water partition coefficient (Wildman–Crippen LogP) is 4.42. The molecule has 2 aromatic carbocycles. The van der Waals surface area contributed by atoms with E-state index in [1.54, 1.807) is 0 Å². The van der Waals surface area contributed by atoms with E-state index in [0.717, 1.165) is 17.8 Å². The molecule has 25 heavy (non-hydrogen) atoms. The SMILES string of the molecule is CC(=O)Nc1cccc(C(C)NCc2cccc(COC(C)C)c2)c1. The van der Waals surface area contributed by atoms with E-state index in [1.165, 1.54) is 18.1 Å². The first-order valence-corrected chi connectivity index (χ1v) is 8.74. The van der Waals surface area contributed by atoms with Crippen molar-refractivity contribution in [2.45, 2.75) is 53.0 Å². The number of nitrogens with one attached hydrogen (secondary N) is 2. The summed E-state index contributed by atoms with van der Waals surface area (Å²) >= 11 is 0. The molecule has 134 valence electrons. The third-order valence-electron chi connectivity index (χ3n) is 3.89. The fraction of sp³-hybridized carbons (Fsp3) is 0.381. The van der Waals surface area contributed by atoms with E-state index in [4.69, 9.17) is 4.74 Å². The predicted molar refractivity (Wildman–Crippen MR) is 102 cm³/mol. The summed E-state index contributed by atoms with van der Waals surface area (Å²) in [7, 11) is 0. The number of ether oxygens (including phenoxy) is 1. The molecule has 0 heterocycles. The first kappa shape index (κ1) is 19.2. The Kier molecular flexibility index (Phi) is 7.16. The van der Waals surface area contributed by atoms with Gasteiger partial charge in [-0.05, 0) is 49.6 Å². The van der Waals surface area contributed by atoms with Gasteiger partial charge in [0.05, 0.1) is 12.7 Å². The molecule has 1 unspecified atom stereocenters. The lowest BCUT2D eigenvalue weighted by molar-refractivity contribution is -0.114. The van der Waals surface area contributed by atoms with Crippen LogP contribution in [-0.2, 0) is 22.7 Å². The normalized spacial score (nSPS) is 12.2. The van der Waals surface area contributed by atoms with Crippen molar-refractivity contribution in [2.24, 2.45) is 0 Å². The van der Waals surface area contributed by atoms with E-state index in [9.17, 15) is 4.79 Å². The Morgan fingerprint density at radius 2 is 1.76 bits per heavy atom. The summed E-state index contributed by atoms with van der Waals surface area (Å²) in [6.07, 6.45) is 0.234. The molecule has 2 aromatic rings. The zero-order chi connectivity index (χ0) is 18.2. The number of carbonyl (C=O) groups excluding carboxylic acids is 1. The van der Waals surface area contributed by atoms with Crippen LogP contribution in [0.1, 0.15) is 50.4 Å². The van der Waals surface area contributed by atoms with Crippen molar-refractivity contribution in [1.82, 2.24) is 5.32 Å².